The highest BCUT2D eigenvalue weighted by molar-refractivity contribution is 7.99. The number of hydrogen-bond donors (Lipinski definition) is 2. The second-order valence-corrected chi connectivity index (χ2v) is 5.26. The number of hydrogen-bond acceptors (Lipinski definition) is 4. The fraction of sp³-hybridized carbons (Fsp3) is 0.500. The summed E-state index contributed by atoms with van der Waals surface area (Å²) in [5.41, 5.74) is 1.39. The van der Waals surface area contributed by atoms with E-state index in [0.29, 0.717) is 11.7 Å². The van der Waals surface area contributed by atoms with Gasteiger partial charge in [0.1, 0.15) is 5.69 Å². The predicted octanol–water partition coefficient (Wildman–Crippen LogP) is 1.75. The molecule has 1 aromatic rings. The molecule has 0 bridgehead atoms. The van der Waals surface area contributed by atoms with Gasteiger partial charge in [0, 0.05) is 25.0 Å². The second-order valence-electron chi connectivity index (χ2n) is 4.04. The number of amides is 1. The monoisotopic (exact) mass is 251 g/mol. The van der Waals surface area contributed by atoms with Crippen LogP contribution in [0.3, 0.4) is 0 Å². The largest absolute Gasteiger partial charge is 0.388 e. The molecule has 1 fully saturated rings. The number of carbonyl (C=O) groups excluding carboxylic acids is 1. The molecular formula is C12H17N3OS. The molecule has 0 aliphatic carbocycles. The summed E-state index contributed by atoms with van der Waals surface area (Å²) in [7, 11) is 1.83. The SMILES string of the molecule is CNc1ccnc(C(=O)NC2CCSCC2)c1. The van der Waals surface area contributed by atoms with Gasteiger partial charge < -0.3 is 10.6 Å². The Labute approximate surface area is 106 Å². The molecule has 0 aromatic carbocycles. The van der Waals surface area contributed by atoms with Crippen molar-refractivity contribution in [3.63, 3.8) is 0 Å². The normalized spacial score (nSPS) is 16.5. The van der Waals surface area contributed by atoms with Gasteiger partial charge in [-0.25, -0.2) is 0 Å². The van der Waals surface area contributed by atoms with Crippen LogP contribution in [0.4, 0.5) is 5.69 Å². The van der Waals surface area contributed by atoms with Gasteiger partial charge >= 0.3 is 0 Å². The molecule has 1 saturated heterocycles. The number of nitrogens with one attached hydrogen (secondary N) is 2. The zero-order chi connectivity index (χ0) is 12.1. The topological polar surface area (TPSA) is 54.0 Å². The molecule has 0 unspecified atom stereocenters. The molecule has 92 valence electrons. The van der Waals surface area contributed by atoms with Gasteiger partial charge in [-0.15, -0.1) is 0 Å². The molecule has 1 aromatic heterocycles. The maximum Gasteiger partial charge on any atom is 0.270 e. The van der Waals surface area contributed by atoms with Gasteiger partial charge in [0.2, 0.25) is 0 Å². The van der Waals surface area contributed by atoms with Crippen LogP contribution in [0.5, 0.6) is 0 Å². The third-order valence-electron chi connectivity index (χ3n) is 2.84. The maximum atomic E-state index is 12.0. The molecule has 2 rings (SSSR count). The van der Waals surface area contributed by atoms with E-state index in [2.05, 4.69) is 15.6 Å². The Morgan fingerprint density at radius 3 is 2.94 bits per heavy atom. The number of thioether (sulfide) groups is 1. The molecule has 0 radical (unpaired) electrons. The first-order chi connectivity index (χ1) is 8.29. The summed E-state index contributed by atoms with van der Waals surface area (Å²) in [6.45, 7) is 0. The average Bonchev–Trinajstić information content (AvgIpc) is 2.40. The highest BCUT2D eigenvalue weighted by Gasteiger charge is 2.17. The summed E-state index contributed by atoms with van der Waals surface area (Å²) < 4.78 is 0. The van der Waals surface area contributed by atoms with E-state index in [4.69, 9.17) is 0 Å². The lowest BCUT2D eigenvalue weighted by molar-refractivity contribution is 0.0930. The molecule has 2 heterocycles. The fourth-order valence-corrected chi connectivity index (χ4v) is 2.92. The van der Waals surface area contributed by atoms with E-state index in [1.807, 2.05) is 24.9 Å². The zero-order valence-electron chi connectivity index (χ0n) is 9.90. The smallest absolute Gasteiger partial charge is 0.270 e. The van der Waals surface area contributed by atoms with Crippen molar-refractivity contribution >= 4 is 23.4 Å². The van der Waals surface area contributed by atoms with Crippen LogP contribution < -0.4 is 10.6 Å². The number of aromatic nitrogens is 1. The van der Waals surface area contributed by atoms with Gasteiger partial charge in [-0.1, -0.05) is 0 Å². The van der Waals surface area contributed by atoms with Crippen LogP contribution in [-0.4, -0.2) is 35.5 Å². The Morgan fingerprint density at radius 2 is 2.24 bits per heavy atom. The third-order valence-corrected chi connectivity index (χ3v) is 3.89. The van der Waals surface area contributed by atoms with E-state index in [-0.39, 0.29) is 5.91 Å². The van der Waals surface area contributed by atoms with Crippen molar-refractivity contribution in [2.75, 3.05) is 23.9 Å². The summed E-state index contributed by atoms with van der Waals surface area (Å²) in [4.78, 5) is 16.1. The maximum absolute atomic E-state index is 12.0. The number of nitrogens with zero attached hydrogens (tertiary/aromatic N) is 1. The van der Waals surface area contributed by atoms with Crippen LogP contribution in [-0.2, 0) is 0 Å². The quantitative estimate of drug-likeness (QED) is 0.859. The van der Waals surface area contributed by atoms with E-state index >= 15 is 0 Å². The molecule has 1 amide bonds. The summed E-state index contributed by atoms with van der Waals surface area (Å²) >= 11 is 1.95. The Bertz CT molecular complexity index is 391. The first-order valence-electron chi connectivity index (χ1n) is 5.82. The molecule has 5 heteroatoms. The molecule has 17 heavy (non-hydrogen) atoms. The molecule has 0 spiro atoms. The standard InChI is InChI=1S/C12H17N3OS/c1-13-10-2-5-14-11(8-10)12(16)15-9-3-6-17-7-4-9/h2,5,8-9H,3-4,6-7H2,1H3,(H,13,14)(H,15,16). The van der Waals surface area contributed by atoms with Crippen LogP contribution in [0.15, 0.2) is 18.3 Å². The van der Waals surface area contributed by atoms with Crippen molar-refractivity contribution in [3.8, 4) is 0 Å². The highest BCUT2D eigenvalue weighted by atomic mass is 32.2. The van der Waals surface area contributed by atoms with Gasteiger partial charge in [-0.3, -0.25) is 9.78 Å². The minimum absolute atomic E-state index is 0.0704. The Kier molecular flexibility index (Phi) is 4.25. The van der Waals surface area contributed by atoms with E-state index in [0.717, 1.165) is 30.0 Å². The van der Waals surface area contributed by atoms with Crippen molar-refractivity contribution in [1.82, 2.24) is 10.3 Å². The van der Waals surface area contributed by atoms with Crippen molar-refractivity contribution in [1.29, 1.82) is 0 Å². The Morgan fingerprint density at radius 1 is 1.47 bits per heavy atom. The lowest BCUT2D eigenvalue weighted by Crippen LogP contribution is -2.37. The van der Waals surface area contributed by atoms with E-state index in [1.165, 1.54) is 0 Å². The minimum Gasteiger partial charge on any atom is -0.388 e. The Hall–Kier alpha value is -1.23. The average molecular weight is 251 g/mol. The van der Waals surface area contributed by atoms with Gasteiger partial charge in [0.25, 0.3) is 5.91 Å². The van der Waals surface area contributed by atoms with Crippen molar-refractivity contribution < 1.29 is 4.79 Å². The van der Waals surface area contributed by atoms with Crippen molar-refractivity contribution in [3.05, 3.63) is 24.0 Å². The van der Waals surface area contributed by atoms with E-state index in [9.17, 15) is 4.79 Å². The van der Waals surface area contributed by atoms with Gasteiger partial charge in [-0.2, -0.15) is 11.8 Å². The molecular weight excluding hydrogens is 234 g/mol. The summed E-state index contributed by atoms with van der Waals surface area (Å²) in [5.74, 6) is 2.20. The first-order valence-corrected chi connectivity index (χ1v) is 6.97. The van der Waals surface area contributed by atoms with Crippen molar-refractivity contribution in [2.45, 2.75) is 18.9 Å². The number of anilines is 1. The number of rotatable bonds is 3. The fourth-order valence-electron chi connectivity index (χ4n) is 1.81. The third kappa shape index (κ3) is 3.36. The van der Waals surface area contributed by atoms with Crippen LogP contribution in [0.25, 0.3) is 0 Å². The van der Waals surface area contributed by atoms with Gasteiger partial charge in [0.05, 0.1) is 0 Å². The summed E-state index contributed by atoms with van der Waals surface area (Å²) in [6, 6.07) is 3.92. The van der Waals surface area contributed by atoms with Crippen LogP contribution in [0.1, 0.15) is 23.3 Å². The highest BCUT2D eigenvalue weighted by Crippen LogP contribution is 2.17. The lowest BCUT2D eigenvalue weighted by Gasteiger charge is -2.22. The van der Waals surface area contributed by atoms with Crippen LogP contribution >= 0.6 is 11.8 Å². The number of pyridine rings is 1. The van der Waals surface area contributed by atoms with Crippen molar-refractivity contribution in [2.24, 2.45) is 0 Å². The van der Waals surface area contributed by atoms with Crippen LogP contribution in [0, 0.1) is 0 Å². The lowest BCUT2D eigenvalue weighted by atomic mass is 10.1. The van der Waals surface area contributed by atoms with E-state index in [1.54, 1.807) is 12.3 Å². The van der Waals surface area contributed by atoms with Crippen LogP contribution in [0.2, 0.25) is 0 Å². The summed E-state index contributed by atoms with van der Waals surface area (Å²) in [6.07, 6.45) is 3.77. The molecule has 0 atom stereocenters. The van der Waals surface area contributed by atoms with Gasteiger partial charge in [-0.05, 0) is 36.5 Å². The molecule has 1 aliphatic rings. The zero-order valence-corrected chi connectivity index (χ0v) is 10.7. The Balaban J connectivity index is 1.98. The molecule has 2 N–H and O–H groups in total. The first kappa shape index (κ1) is 12.2. The minimum atomic E-state index is -0.0704. The van der Waals surface area contributed by atoms with E-state index < -0.39 is 0 Å². The molecule has 0 saturated carbocycles. The predicted molar refractivity (Wildman–Crippen MR) is 71.6 cm³/mol. The molecule has 4 nitrogen and oxygen atoms in total. The molecule has 1 aliphatic heterocycles. The summed E-state index contributed by atoms with van der Waals surface area (Å²) in [5, 5.41) is 6.05. The number of carbonyl (C=O) groups is 1. The second kappa shape index (κ2) is 5.91. The van der Waals surface area contributed by atoms with Gasteiger partial charge in [0.15, 0.2) is 0 Å².